The average molecular weight is 344 g/mol. The lowest BCUT2D eigenvalue weighted by Crippen LogP contribution is -2.37. The monoisotopic (exact) mass is 344 g/mol. The van der Waals surface area contributed by atoms with E-state index in [0.29, 0.717) is 11.6 Å². The van der Waals surface area contributed by atoms with Crippen molar-refractivity contribution in [1.29, 1.82) is 0 Å². The Hall–Kier alpha value is -2.81. The molecule has 4 rings (SSSR count). The number of carbonyl (C=O) groups excluding carboxylic acids is 1. The lowest BCUT2D eigenvalue weighted by Gasteiger charge is -2.35. The van der Waals surface area contributed by atoms with Crippen LogP contribution in [0.4, 0.5) is 11.4 Å². The van der Waals surface area contributed by atoms with Crippen molar-refractivity contribution in [2.45, 2.75) is 32.2 Å². The van der Waals surface area contributed by atoms with Gasteiger partial charge in [0.15, 0.2) is 0 Å². The fourth-order valence-corrected chi connectivity index (χ4v) is 3.75. The quantitative estimate of drug-likeness (QED) is 0.683. The Morgan fingerprint density at radius 2 is 1.73 bits per heavy atom. The van der Waals surface area contributed by atoms with E-state index in [1.54, 1.807) is 0 Å². The van der Waals surface area contributed by atoms with Crippen molar-refractivity contribution < 1.29 is 4.79 Å². The highest BCUT2D eigenvalue weighted by molar-refractivity contribution is 6.06. The molecule has 1 heterocycles. The normalized spacial score (nSPS) is 17.3. The summed E-state index contributed by atoms with van der Waals surface area (Å²) in [6.07, 6.45) is 3.82. The molecule has 1 aliphatic heterocycles. The van der Waals surface area contributed by atoms with Gasteiger partial charge in [-0.2, -0.15) is 0 Å². The van der Waals surface area contributed by atoms with Gasteiger partial charge in [-0.15, -0.1) is 0 Å². The molecule has 0 radical (unpaired) electrons. The van der Waals surface area contributed by atoms with Gasteiger partial charge in [0, 0.05) is 29.5 Å². The number of piperidine rings is 1. The second kappa shape index (κ2) is 7.20. The van der Waals surface area contributed by atoms with E-state index in [4.69, 9.17) is 0 Å². The van der Waals surface area contributed by atoms with E-state index >= 15 is 0 Å². The van der Waals surface area contributed by atoms with Crippen molar-refractivity contribution >= 4 is 28.1 Å². The first-order valence-electron chi connectivity index (χ1n) is 9.37. The molecule has 0 aliphatic carbocycles. The molecule has 3 nitrogen and oxygen atoms in total. The summed E-state index contributed by atoms with van der Waals surface area (Å²) in [7, 11) is 0. The molecular weight excluding hydrogens is 320 g/mol. The first kappa shape index (κ1) is 16.6. The van der Waals surface area contributed by atoms with Crippen LogP contribution in [0.5, 0.6) is 0 Å². The van der Waals surface area contributed by atoms with E-state index < -0.39 is 0 Å². The molecule has 0 bridgehead atoms. The third-order valence-electron chi connectivity index (χ3n) is 5.27. The van der Waals surface area contributed by atoms with Gasteiger partial charge in [-0.3, -0.25) is 4.79 Å². The van der Waals surface area contributed by atoms with E-state index in [1.807, 2.05) is 48.5 Å². The van der Waals surface area contributed by atoms with Crippen LogP contribution in [0.25, 0.3) is 10.8 Å². The summed E-state index contributed by atoms with van der Waals surface area (Å²) in [6.45, 7) is 3.40. The minimum absolute atomic E-state index is 0.0742. The molecule has 1 aliphatic rings. The van der Waals surface area contributed by atoms with E-state index in [1.165, 1.54) is 24.9 Å². The van der Waals surface area contributed by atoms with Gasteiger partial charge < -0.3 is 10.2 Å². The van der Waals surface area contributed by atoms with E-state index in [0.717, 1.165) is 23.0 Å². The Bertz CT molecular complexity index is 917. The lowest BCUT2D eigenvalue weighted by atomic mass is 10.0. The number of anilines is 2. The number of hydrogen-bond acceptors (Lipinski definition) is 2. The van der Waals surface area contributed by atoms with E-state index in [2.05, 4.69) is 35.3 Å². The number of benzene rings is 3. The molecule has 3 heteroatoms. The summed E-state index contributed by atoms with van der Waals surface area (Å²) < 4.78 is 0. The zero-order valence-electron chi connectivity index (χ0n) is 15.1. The van der Waals surface area contributed by atoms with Gasteiger partial charge in [0.25, 0.3) is 5.91 Å². The molecule has 0 unspecified atom stereocenters. The Balaban J connectivity index is 1.48. The summed E-state index contributed by atoms with van der Waals surface area (Å²) in [5.41, 5.74) is 2.75. The van der Waals surface area contributed by atoms with Gasteiger partial charge >= 0.3 is 0 Å². The molecule has 0 saturated carbocycles. The molecule has 0 aromatic heterocycles. The second-order valence-corrected chi connectivity index (χ2v) is 7.10. The largest absolute Gasteiger partial charge is 0.369 e. The number of hydrogen-bond donors (Lipinski definition) is 1. The molecular formula is C23H24N2O. The van der Waals surface area contributed by atoms with Crippen LogP contribution in [0.1, 0.15) is 36.5 Å². The van der Waals surface area contributed by atoms with Crippen LogP contribution in [0.3, 0.4) is 0 Å². The topological polar surface area (TPSA) is 32.3 Å². The van der Waals surface area contributed by atoms with Crippen molar-refractivity contribution in [1.82, 2.24) is 0 Å². The number of nitrogens with zero attached hydrogens (tertiary/aromatic N) is 1. The first-order valence-corrected chi connectivity index (χ1v) is 9.37. The fourth-order valence-electron chi connectivity index (χ4n) is 3.75. The number of rotatable bonds is 3. The zero-order valence-corrected chi connectivity index (χ0v) is 15.1. The second-order valence-electron chi connectivity index (χ2n) is 7.10. The maximum atomic E-state index is 12.6. The summed E-state index contributed by atoms with van der Waals surface area (Å²) >= 11 is 0. The molecule has 26 heavy (non-hydrogen) atoms. The van der Waals surface area contributed by atoms with Crippen molar-refractivity contribution in [3.63, 3.8) is 0 Å². The summed E-state index contributed by atoms with van der Waals surface area (Å²) in [4.78, 5) is 15.0. The Labute approximate surface area is 154 Å². The molecule has 3 aromatic rings. The Kier molecular flexibility index (Phi) is 4.61. The highest BCUT2D eigenvalue weighted by atomic mass is 16.1. The third-order valence-corrected chi connectivity index (χ3v) is 5.27. The van der Waals surface area contributed by atoms with Crippen LogP contribution >= 0.6 is 0 Å². The average Bonchev–Trinajstić information content (AvgIpc) is 2.69. The van der Waals surface area contributed by atoms with Crippen LogP contribution in [0.2, 0.25) is 0 Å². The van der Waals surface area contributed by atoms with Crippen LogP contribution in [-0.2, 0) is 0 Å². The van der Waals surface area contributed by atoms with E-state index in [9.17, 15) is 4.79 Å². The van der Waals surface area contributed by atoms with Crippen molar-refractivity contribution in [3.8, 4) is 0 Å². The molecule has 3 aromatic carbocycles. The summed E-state index contributed by atoms with van der Waals surface area (Å²) in [6, 6.07) is 22.7. The van der Waals surface area contributed by atoms with Crippen LogP contribution in [0, 0.1) is 0 Å². The summed E-state index contributed by atoms with van der Waals surface area (Å²) in [5, 5.41) is 5.23. The lowest BCUT2D eigenvalue weighted by molar-refractivity contribution is 0.102. The van der Waals surface area contributed by atoms with Gasteiger partial charge in [0.1, 0.15) is 0 Å². The smallest absolute Gasteiger partial charge is 0.255 e. The van der Waals surface area contributed by atoms with Gasteiger partial charge in [0.05, 0.1) is 0 Å². The molecule has 1 atom stereocenters. The van der Waals surface area contributed by atoms with Crippen molar-refractivity contribution in [2.75, 3.05) is 16.8 Å². The molecule has 1 N–H and O–H groups in total. The van der Waals surface area contributed by atoms with Gasteiger partial charge in [-0.25, -0.2) is 0 Å². The highest BCUT2D eigenvalue weighted by Crippen LogP contribution is 2.26. The van der Waals surface area contributed by atoms with E-state index in [-0.39, 0.29) is 5.91 Å². The van der Waals surface area contributed by atoms with Crippen molar-refractivity contribution in [3.05, 3.63) is 72.3 Å². The minimum atomic E-state index is -0.0742. The molecule has 1 saturated heterocycles. The standard InChI is InChI=1S/C23H24N2O/c1-17-6-4-5-15-25(17)22-13-11-21(12-14-22)24-23(26)20-10-9-18-7-2-3-8-19(18)16-20/h2-3,7-14,16-17H,4-6,15H2,1H3,(H,24,26)/t17-/m0/s1. The number of carbonyl (C=O) groups is 1. The molecule has 1 amide bonds. The number of fused-ring (bicyclic) bond motifs is 1. The molecule has 1 fully saturated rings. The SMILES string of the molecule is C[C@H]1CCCCN1c1ccc(NC(=O)c2ccc3ccccc3c2)cc1. The number of nitrogens with one attached hydrogen (secondary N) is 1. The zero-order chi connectivity index (χ0) is 17.9. The minimum Gasteiger partial charge on any atom is -0.369 e. The highest BCUT2D eigenvalue weighted by Gasteiger charge is 2.18. The predicted octanol–water partition coefficient (Wildman–Crippen LogP) is 5.47. The molecule has 0 spiro atoms. The maximum absolute atomic E-state index is 12.6. The number of amides is 1. The van der Waals surface area contributed by atoms with Crippen LogP contribution in [-0.4, -0.2) is 18.5 Å². The van der Waals surface area contributed by atoms with Crippen molar-refractivity contribution in [2.24, 2.45) is 0 Å². The summed E-state index contributed by atoms with van der Waals surface area (Å²) in [5.74, 6) is -0.0742. The maximum Gasteiger partial charge on any atom is 0.255 e. The fraction of sp³-hybridized carbons (Fsp3) is 0.261. The predicted molar refractivity (Wildman–Crippen MR) is 109 cm³/mol. The van der Waals surface area contributed by atoms with Crippen LogP contribution in [0.15, 0.2) is 66.7 Å². The van der Waals surface area contributed by atoms with Gasteiger partial charge in [0.2, 0.25) is 0 Å². The van der Waals surface area contributed by atoms with Gasteiger partial charge in [-0.05, 0) is 73.4 Å². The van der Waals surface area contributed by atoms with Gasteiger partial charge in [-0.1, -0.05) is 30.3 Å². The third kappa shape index (κ3) is 3.43. The Morgan fingerprint density at radius 1 is 0.962 bits per heavy atom. The molecule has 132 valence electrons. The first-order chi connectivity index (χ1) is 12.7. The van der Waals surface area contributed by atoms with Crippen LogP contribution < -0.4 is 10.2 Å². The Morgan fingerprint density at radius 3 is 2.50 bits per heavy atom.